The van der Waals surface area contributed by atoms with Gasteiger partial charge in [0.2, 0.25) is 0 Å². The van der Waals surface area contributed by atoms with E-state index in [1.165, 1.54) is 0 Å². The maximum Gasteiger partial charge on any atom is 0.453 e. The first kappa shape index (κ1) is 21.9. The highest BCUT2D eigenvalue weighted by Crippen LogP contribution is 2.39. The van der Waals surface area contributed by atoms with E-state index in [0.29, 0.717) is 12.8 Å². The second kappa shape index (κ2) is 11.4. The van der Waals surface area contributed by atoms with Crippen molar-refractivity contribution in [1.82, 2.24) is 0 Å². The van der Waals surface area contributed by atoms with Gasteiger partial charge in [-0.25, -0.2) is 0 Å². The Labute approximate surface area is 134 Å². The number of allylic oxidation sites excluding steroid dienone is 1. The number of ether oxygens (including phenoxy) is 1. The molecule has 0 atom stereocenters. The fraction of sp³-hybridized carbons (Fsp3) is 0.812. The smallest absolute Gasteiger partial charge is 0.453 e. The Morgan fingerprint density at radius 1 is 0.913 bits per heavy atom. The van der Waals surface area contributed by atoms with Gasteiger partial charge < -0.3 is 4.74 Å². The minimum Gasteiger partial charge on any atom is -0.466 e. The van der Waals surface area contributed by atoms with Crippen LogP contribution < -0.4 is 0 Å². The molecule has 0 saturated carbocycles. The van der Waals surface area contributed by atoms with Crippen molar-refractivity contribution in [3.8, 4) is 0 Å². The van der Waals surface area contributed by atoms with Crippen LogP contribution in [0.2, 0.25) is 0 Å². The number of carbonyl (C=O) groups is 1. The SMILES string of the molecule is C=CCCCCCCC(=O)OCCCCCC(F)(F)C(F)(F)F. The third-order valence-electron chi connectivity index (χ3n) is 3.35. The van der Waals surface area contributed by atoms with Crippen molar-refractivity contribution in [2.45, 2.75) is 76.3 Å². The maximum atomic E-state index is 12.6. The topological polar surface area (TPSA) is 26.3 Å². The molecule has 136 valence electrons. The van der Waals surface area contributed by atoms with Crippen LogP contribution in [0, 0.1) is 0 Å². The highest BCUT2D eigenvalue weighted by Gasteiger charge is 2.56. The average Bonchev–Trinajstić information content (AvgIpc) is 2.45. The minimum absolute atomic E-state index is 0.0624. The molecule has 0 saturated heterocycles. The highest BCUT2D eigenvalue weighted by molar-refractivity contribution is 5.69. The molecule has 0 N–H and O–H groups in total. The molecule has 0 aliphatic rings. The van der Waals surface area contributed by atoms with E-state index in [4.69, 9.17) is 4.74 Å². The molecule has 0 aromatic heterocycles. The van der Waals surface area contributed by atoms with E-state index in [2.05, 4.69) is 6.58 Å². The molecule has 0 rings (SSSR count). The molecule has 0 fully saturated rings. The van der Waals surface area contributed by atoms with Gasteiger partial charge in [-0.3, -0.25) is 4.79 Å². The largest absolute Gasteiger partial charge is 0.466 e. The fourth-order valence-corrected chi connectivity index (χ4v) is 1.94. The van der Waals surface area contributed by atoms with Gasteiger partial charge in [0.1, 0.15) is 0 Å². The zero-order valence-corrected chi connectivity index (χ0v) is 13.3. The summed E-state index contributed by atoms with van der Waals surface area (Å²) in [4.78, 5) is 11.3. The number of carbonyl (C=O) groups excluding carboxylic acids is 1. The van der Waals surface area contributed by atoms with Gasteiger partial charge in [0.15, 0.2) is 0 Å². The lowest BCUT2D eigenvalue weighted by Crippen LogP contribution is -2.36. The van der Waals surface area contributed by atoms with Crippen LogP contribution in [0.3, 0.4) is 0 Å². The van der Waals surface area contributed by atoms with E-state index in [-0.39, 0.29) is 25.4 Å². The molecule has 23 heavy (non-hydrogen) atoms. The number of halogens is 5. The normalized spacial score (nSPS) is 12.2. The lowest BCUT2D eigenvalue weighted by atomic mass is 10.1. The van der Waals surface area contributed by atoms with Gasteiger partial charge in [-0.2, -0.15) is 22.0 Å². The van der Waals surface area contributed by atoms with Crippen molar-refractivity contribution >= 4 is 5.97 Å². The summed E-state index contributed by atoms with van der Waals surface area (Å²) >= 11 is 0. The van der Waals surface area contributed by atoms with Gasteiger partial charge >= 0.3 is 18.1 Å². The molecular weight excluding hydrogens is 319 g/mol. The van der Waals surface area contributed by atoms with Crippen LogP contribution in [0.4, 0.5) is 22.0 Å². The molecule has 0 bridgehead atoms. The van der Waals surface area contributed by atoms with Gasteiger partial charge in [0.25, 0.3) is 0 Å². The fourth-order valence-electron chi connectivity index (χ4n) is 1.94. The molecule has 0 aromatic carbocycles. The van der Waals surface area contributed by atoms with Gasteiger partial charge in [-0.1, -0.05) is 18.9 Å². The third kappa shape index (κ3) is 11.1. The average molecular weight is 344 g/mol. The van der Waals surface area contributed by atoms with E-state index in [1.807, 2.05) is 6.08 Å². The molecule has 0 radical (unpaired) electrons. The van der Waals surface area contributed by atoms with Crippen LogP contribution in [-0.4, -0.2) is 24.7 Å². The number of esters is 1. The minimum atomic E-state index is -5.49. The molecule has 0 heterocycles. The van der Waals surface area contributed by atoms with Gasteiger partial charge in [-0.15, -0.1) is 6.58 Å². The molecule has 0 amide bonds. The number of hydrogen-bond acceptors (Lipinski definition) is 2. The number of unbranched alkanes of at least 4 members (excludes halogenated alkanes) is 6. The van der Waals surface area contributed by atoms with Crippen molar-refractivity contribution in [1.29, 1.82) is 0 Å². The Balaban J connectivity index is 3.51. The lowest BCUT2D eigenvalue weighted by Gasteiger charge is -2.19. The van der Waals surface area contributed by atoms with Crippen LogP contribution in [0.25, 0.3) is 0 Å². The number of hydrogen-bond donors (Lipinski definition) is 0. The van der Waals surface area contributed by atoms with Gasteiger partial charge in [-0.05, 0) is 38.5 Å². The van der Waals surface area contributed by atoms with Crippen molar-refractivity contribution in [2.75, 3.05) is 6.61 Å². The molecule has 2 nitrogen and oxygen atoms in total. The second-order valence-corrected chi connectivity index (χ2v) is 5.47. The molecular formula is C16H25F5O2. The number of alkyl halides is 5. The summed E-state index contributed by atoms with van der Waals surface area (Å²) in [5, 5.41) is 0. The van der Waals surface area contributed by atoms with Gasteiger partial charge in [0.05, 0.1) is 6.61 Å². The summed E-state index contributed by atoms with van der Waals surface area (Å²) in [5.41, 5.74) is 0. The Kier molecular flexibility index (Phi) is 10.8. The van der Waals surface area contributed by atoms with Crippen molar-refractivity contribution in [2.24, 2.45) is 0 Å². The summed E-state index contributed by atoms with van der Waals surface area (Å²) in [7, 11) is 0. The summed E-state index contributed by atoms with van der Waals surface area (Å²) in [6, 6.07) is 0. The predicted molar refractivity (Wildman–Crippen MR) is 78.3 cm³/mol. The van der Waals surface area contributed by atoms with E-state index in [0.717, 1.165) is 32.1 Å². The first-order chi connectivity index (χ1) is 10.7. The molecule has 0 aromatic rings. The van der Waals surface area contributed by atoms with E-state index in [9.17, 15) is 26.7 Å². The standard InChI is InChI=1S/C16H25F5O2/c1-2-3-4-5-6-8-11-14(22)23-13-10-7-9-12-15(17,18)16(19,20)21/h2H,1,3-13H2. The third-order valence-corrected chi connectivity index (χ3v) is 3.35. The predicted octanol–water partition coefficient (Wildman–Crippen LogP) is 5.81. The summed E-state index contributed by atoms with van der Waals surface area (Å²) < 4.78 is 65.8. The van der Waals surface area contributed by atoms with Crippen LogP contribution in [0.15, 0.2) is 12.7 Å². The quantitative estimate of drug-likeness (QED) is 0.182. The van der Waals surface area contributed by atoms with E-state index >= 15 is 0 Å². The van der Waals surface area contributed by atoms with E-state index < -0.39 is 18.5 Å². The van der Waals surface area contributed by atoms with Crippen LogP contribution in [0.1, 0.15) is 64.2 Å². The zero-order valence-electron chi connectivity index (χ0n) is 13.3. The first-order valence-electron chi connectivity index (χ1n) is 7.92. The van der Waals surface area contributed by atoms with Crippen LogP contribution in [-0.2, 0) is 9.53 Å². The Bertz CT molecular complexity index is 340. The van der Waals surface area contributed by atoms with Crippen molar-refractivity contribution in [3.05, 3.63) is 12.7 Å². The van der Waals surface area contributed by atoms with E-state index in [1.54, 1.807) is 0 Å². The Morgan fingerprint density at radius 3 is 2.13 bits per heavy atom. The molecule has 0 spiro atoms. The summed E-state index contributed by atoms with van der Waals surface area (Å²) in [6.07, 6.45) is 0.307. The maximum absolute atomic E-state index is 12.6. The lowest BCUT2D eigenvalue weighted by molar-refractivity contribution is -0.284. The Hall–Kier alpha value is -1.14. The zero-order chi connectivity index (χ0) is 17.8. The summed E-state index contributed by atoms with van der Waals surface area (Å²) in [5.74, 6) is -5.00. The first-order valence-corrected chi connectivity index (χ1v) is 7.92. The van der Waals surface area contributed by atoms with Gasteiger partial charge in [0, 0.05) is 12.8 Å². The van der Waals surface area contributed by atoms with Crippen LogP contribution >= 0.6 is 0 Å². The van der Waals surface area contributed by atoms with Crippen molar-refractivity contribution < 1.29 is 31.5 Å². The second-order valence-electron chi connectivity index (χ2n) is 5.47. The molecule has 7 heteroatoms. The Morgan fingerprint density at radius 2 is 1.52 bits per heavy atom. The van der Waals surface area contributed by atoms with Crippen LogP contribution in [0.5, 0.6) is 0 Å². The molecule has 0 unspecified atom stereocenters. The molecule has 0 aliphatic heterocycles. The van der Waals surface area contributed by atoms with Crippen molar-refractivity contribution in [3.63, 3.8) is 0 Å². The molecule has 0 aliphatic carbocycles. The summed E-state index contributed by atoms with van der Waals surface area (Å²) in [6.45, 7) is 3.68. The monoisotopic (exact) mass is 344 g/mol. The highest BCUT2D eigenvalue weighted by atomic mass is 19.4. The number of rotatable bonds is 13.